The molecule has 0 bridgehead atoms. The van der Waals surface area contributed by atoms with E-state index in [-0.39, 0.29) is 0 Å². The Kier molecular flexibility index (Phi) is 4.36. The Morgan fingerprint density at radius 3 is 3.06 bits per heavy atom. The molecule has 2 rings (SSSR count). The highest BCUT2D eigenvalue weighted by molar-refractivity contribution is 7.15. The van der Waals surface area contributed by atoms with E-state index in [1.54, 1.807) is 11.3 Å². The van der Waals surface area contributed by atoms with Crippen molar-refractivity contribution in [1.29, 1.82) is 0 Å². The molecule has 1 aliphatic rings. The molecule has 0 aliphatic carbocycles. The summed E-state index contributed by atoms with van der Waals surface area (Å²) in [6.45, 7) is 4.84. The Labute approximate surface area is 107 Å². The van der Waals surface area contributed by atoms with E-state index >= 15 is 0 Å². The molecule has 0 amide bonds. The number of nitrogens with zero attached hydrogens (tertiary/aromatic N) is 2. The van der Waals surface area contributed by atoms with Gasteiger partial charge < -0.3 is 15.0 Å². The van der Waals surface area contributed by atoms with Crippen LogP contribution in [0.1, 0.15) is 23.4 Å². The number of ether oxygens (including phenoxy) is 1. The van der Waals surface area contributed by atoms with Crippen LogP contribution >= 0.6 is 11.3 Å². The summed E-state index contributed by atoms with van der Waals surface area (Å²) < 4.78 is 5.65. The maximum absolute atomic E-state index is 5.65. The number of likely N-dealkylation sites (N-methyl/N-ethyl adjacent to an activating group) is 1. The lowest BCUT2D eigenvalue weighted by atomic mass is 10.2. The molecule has 17 heavy (non-hydrogen) atoms. The zero-order valence-corrected chi connectivity index (χ0v) is 11.6. The minimum Gasteiger partial charge on any atom is -0.376 e. The first-order chi connectivity index (χ1) is 8.20. The molecule has 1 atom stereocenters. The fraction of sp³-hybridized carbons (Fsp3) is 0.750. The van der Waals surface area contributed by atoms with E-state index in [4.69, 9.17) is 4.74 Å². The fourth-order valence-corrected chi connectivity index (χ4v) is 3.12. The lowest BCUT2D eigenvalue weighted by molar-refractivity contribution is 0.116. The standard InChI is InChI=1S/C12H21N3OS/c1-9-11(7-13-2)17-12(14-9)15(3)8-10-5-4-6-16-10/h10,13H,4-8H2,1-3H3. The number of thiazole rings is 1. The zero-order chi connectivity index (χ0) is 12.3. The average molecular weight is 255 g/mol. The van der Waals surface area contributed by atoms with Crippen LogP contribution in [0.2, 0.25) is 0 Å². The normalized spacial score (nSPS) is 19.8. The van der Waals surface area contributed by atoms with Gasteiger partial charge in [-0.05, 0) is 26.8 Å². The topological polar surface area (TPSA) is 37.4 Å². The Morgan fingerprint density at radius 1 is 1.59 bits per heavy atom. The summed E-state index contributed by atoms with van der Waals surface area (Å²) >= 11 is 1.77. The number of anilines is 1. The lowest BCUT2D eigenvalue weighted by Gasteiger charge is -2.19. The van der Waals surface area contributed by atoms with Crippen molar-refractivity contribution in [2.24, 2.45) is 0 Å². The van der Waals surface area contributed by atoms with Crippen molar-refractivity contribution in [3.05, 3.63) is 10.6 Å². The van der Waals surface area contributed by atoms with Gasteiger partial charge in [-0.1, -0.05) is 0 Å². The largest absolute Gasteiger partial charge is 0.376 e. The highest BCUT2D eigenvalue weighted by Gasteiger charge is 2.19. The number of nitrogens with one attached hydrogen (secondary N) is 1. The minimum absolute atomic E-state index is 0.386. The highest BCUT2D eigenvalue weighted by Crippen LogP contribution is 2.26. The number of rotatable bonds is 5. The predicted molar refractivity (Wildman–Crippen MR) is 71.9 cm³/mol. The van der Waals surface area contributed by atoms with Gasteiger partial charge in [-0.15, -0.1) is 11.3 Å². The van der Waals surface area contributed by atoms with Gasteiger partial charge in [0, 0.05) is 31.6 Å². The lowest BCUT2D eigenvalue weighted by Crippen LogP contribution is -2.28. The molecule has 1 unspecified atom stereocenters. The van der Waals surface area contributed by atoms with Crippen LogP contribution in [-0.2, 0) is 11.3 Å². The summed E-state index contributed by atoms with van der Waals surface area (Å²) in [6, 6.07) is 0. The van der Waals surface area contributed by atoms with Gasteiger partial charge in [-0.3, -0.25) is 0 Å². The van der Waals surface area contributed by atoms with Crippen LogP contribution in [0.15, 0.2) is 0 Å². The van der Waals surface area contributed by atoms with Crippen molar-refractivity contribution in [1.82, 2.24) is 10.3 Å². The van der Waals surface area contributed by atoms with E-state index in [0.717, 1.165) is 30.5 Å². The van der Waals surface area contributed by atoms with E-state index in [1.165, 1.54) is 17.7 Å². The maximum atomic E-state index is 5.65. The SMILES string of the molecule is CNCc1sc(N(C)CC2CCCO2)nc1C. The monoisotopic (exact) mass is 255 g/mol. The van der Waals surface area contributed by atoms with Crippen molar-refractivity contribution in [3.8, 4) is 0 Å². The van der Waals surface area contributed by atoms with Gasteiger partial charge >= 0.3 is 0 Å². The molecule has 1 aromatic heterocycles. The molecule has 1 fully saturated rings. The number of hydrogen-bond donors (Lipinski definition) is 1. The summed E-state index contributed by atoms with van der Waals surface area (Å²) in [6.07, 6.45) is 2.76. The molecule has 96 valence electrons. The van der Waals surface area contributed by atoms with Crippen molar-refractivity contribution in [2.75, 3.05) is 32.1 Å². The third kappa shape index (κ3) is 3.18. The third-order valence-electron chi connectivity index (χ3n) is 3.05. The molecule has 1 aromatic rings. The van der Waals surface area contributed by atoms with Crippen molar-refractivity contribution in [3.63, 3.8) is 0 Å². The summed E-state index contributed by atoms with van der Waals surface area (Å²) in [5, 5.41) is 4.28. The first kappa shape index (κ1) is 12.8. The molecule has 4 nitrogen and oxygen atoms in total. The van der Waals surface area contributed by atoms with Crippen LogP contribution in [0.3, 0.4) is 0 Å². The van der Waals surface area contributed by atoms with Crippen LogP contribution in [0.5, 0.6) is 0 Å². The summed E-state index contributed by atoms with van der Waals surface area (Å²) in [7, 11) is 4.07. The molecule has 5 heteroatoms. The fourth-order valence-electron chi connectivity index (χ4n) is 2.07. The minimum atomic E-state index is 0.386. The summed E-state index contributed by atoms with van der Waals surface area (Å²) in [5.41, 5.74) is 1.14. The van der Waals surface area contributed by atoms with Crippen LogP contribution < -0.4 is 10.2 Å². The van der Waals surface area contributed by atoms with Crippen molar-refractivity contribution >= 4 is 16.5 Å². The highest BCUT2D eigenvalue weighted by atomic mass is 32.1. The Morgan fingerprint density at radius 2 is 2.41 bits per heavy atom. The average Bonchev–Trinajstić information content (AvgIpc) is 2.90. The number of hydrogen-bond acceptors (Lipinski definition) is 5. The van der Waals surface area contributed by atoms with E-state index in [1.807, 2.05) is 7.05 Å². The summed E-state index contributed by atoms with van der Waals surface area (Å²) in [5.74, 6) is 0. The maximum Gasteiger partial charge on any atom is 0.185 e. The van der Waals surface area contributed by atoms with E-state index in [9.17, 15) is 0 Å². The van der Waals surface area contributed by atoms with Gasteiger partial charge in [0.1, 0.15) is 0 Å². The first-order valence-electron chi connectivity index (χ1n) is 6.14. The Bertz CT molecular complexity index is 361. The van der Waals surface area contributed by atoms with Gasteiger partial charge in [0.15, 0.2) is 5.13 Å². The summed E-state index contributed by atoms with van der Waals surface area (Å²) in [4.78, 5) is 8.16. The molecular weight excluding hydrogens is 234 g/mol. The van der Waals surface area contributed by atoms with Gasteiger partial charge in [0.25, 0.3) is 0 Å². The Hall–Kier alpha value is -0.650. The molecular formula is C12H21N3OS. The number of aryl methyl sites for hydroxylation is 1. The second-order valence-corrected chi connectivity index (χ2v) is 5.61. The molecule has 1 aliphatic heterocycles. The van der Waals surface area contributed by atoms with Gasteiger partial charge in [0.2, 0.25) is 0 Å². The van der Waals surface area contributed by atoms with Crippen LogP contribution in [0.4, 0.5) is 5.13 Å². The van der Waals surface area contributed by atoms with E-state index in [2.05, 4.69) is 29.2 Å². The molecule has 0 saturated carbocycles. The second-order valence-electron chi connectivity index (χ2n) is 4.55. The smallest absolute Gasteiger partial charge is 0.185 e. The predicted octanol–water partition coefficient (Wildman–Crippen LogP) is 1.79. The first-order valence-corrected chi connectivity index (χ1v) is 6.96. The molecule has 1 N–H and O–H groups in total. The van der Waals surface area contributed by atoms with Crippen molar-refractivity contribution < 1.29 is 4.74 Å². The van der Waals surface area contributed by atoms with Gasteiger partial charge in [-0.25, -0.2) is 4.98 Å². The van der Waals surface area contributed by atoms with Crippen LogP contribution in [0.25, 0.3) is 0 Å². The quantitative estimate of drug-likeness (QED) is 0.870. The molecule has 0 spiro atoms. The molecule has 0 aromatic carbocycles. The van der Waals surface area contributed by atoms with Gasteiger partial charge in [-0.2, -0.15) is 0 Å². The number of aromatic nitrogens is 1. The van der Waals surface area contributed by atoms with Crippen LogP contribution in [-0.4, -0.2) is 38.3 Å². The zero-order valence-electron chi connectivity index (χ0n) is 10.8. The second kappa shape index (κ2) is 5.80. The Balaban J connectivity index is 1.97. The van der Waals surface area contributed by atoms with E-state index in [0.29, 0.717) is 6.10 Å². The van der Waals surface area contributed by atoms with E-state index < -0.39 is 0 Å². The van der Waals surface area contributed by atoms with Gasteiger partial charge in [0.05, 0.1) is 11.8 Å². The van der Waals surface area contributed by atoms with Crippen molar-refractivity contribution in [2.45, 2.75) is 32.4 Å². The molecule has 1 saturated heterocycles. The van der Waals surface area contributed by atoms with Crippen LogP contribution in [0, 0.1) is 6.92 Å². The molecule has 0 radical (unpaired) electrons. The molecule has 2 heterocycles. The third-order valence-corrected chi connectivity index (χ3v) is 4.32.